The first-order valence-electron chi connectivity index (χ1n) is 6.55. The molecule has 102 valence electrons. The highest BCUT2D eigenvalue weighted by molar-refractivity contribution is 5.71. The maximum atomic E-state index is 12.2. The van der Waals surface area contributed by atoms with Crippen LogP contribution in [0, 0.1) is 0 Å². The second-order valence-electron chi connectivity index (χ2n) is 4.56. The summed E-state index contributed by atoms with van der Waals surface area (Å²) in [5, 5.41) is 0. The van der Waals surface area contributed by atoms with Gasteiger partial charge in [-0.25, -0.2) is 4.79 Å². The van der Waals surface area contributed by atoms with Crippen molar-refractivity contribution in [2.24, 2.45) is 0 Å². The first kappa shape index (κ1) is 12.5. The lowest BCUT2D eigenvalue weighted by Gasteiger charge is -2.19. The van der Waals surface area contributed by atoms with Gasteiger partial charge in [-0.05, 0) is 18.2 Å². The van der Waals surface area contributed by atoms with E-state index in [4.69, 9.17) is 9.47 Å². The van der Waals surface area contributed by atoms with Crippen LogP contribution in [0.2, 0.25) is 0 Å². The van der Waals surface area contributed by atoms with Gasteiger partial charge in [-0.2, -0.15) is 0 Å². The molecule has 20 heavy (non-hydrogen) atoms. The maximum absolute atomic E-state index is 12.2. The molecule has 0 saturated carbocycles. The third kappa shape index (κ3) is 2.74. The van der Waals surface area contributed by atoms with E-state index in [0.29, 0.717) is 25.4 Å². The fraction of sp³-hybridized carbons (Fsp3) is 0.188. The van der Waals surface area contributed by atoms with E-state index in [1.807, 2.05) is 42.5 Å². The van der Waals surface area contributed by atoms with Crippen molar-refractivity contribution in [3.8, 4) is 11.5 Å². The standard InChI is InChI=1S/C16H15NO3/c18-16(20-14-7-2-1-3-8-14)17-10-11-19-15-9-5-4-6-13(15)12-17/h1-9H,10-12H2. The molecule has 2 aromatic rings. The summed E-state index contributed by atoms with van der Waals surface area (Å²) in [6, 6.07) is 16.8. The molecule has 1 heterocycles. The Labute approximate surface area is 117 Å². The fourth-order valence-electron chi connectivity index (χ4n) is 2.14. The molecule has 0 fully saturated rings. The van der Waals surface area contributed by atoms with Crippen LogP contribution in [0.15, 0.2) is 54.6 Å². The molecule has 0 radical (unpaired) electrons. The molecule has 0 unspecified atom stereocenters. The lowest BCUT2D eigenvalue weighted by atomic mass is 10.2. The van der Waals surface area contributed by atoms with Crippen LogP contribution in [-0.4, -0.2) is 24.1 Å². The SMILES string of the molecule is O=C(Oc1ccccc1)N1CCOc2ccccc2C1. The normalized spacial score (nSPS) is 13.9. The third-order valence-corrected chi connectivity index (χ3v) is 3.16. The number of ether oxygens (including phenoxy) is 2. The topological polar surface area (TPSA) is 38.8 Å². The molecule has 0 aliphatic carbocycles. The Morgan fingerprint density at radius 3 is 2.65 bits per heavy atom. The van der Waals surface area contributed by atoms with E-state index >= 15 is 0 Å². The number of amides is 1. The zero-order chi connectivity index (χ0) is 13.8. The van der Waals surface area contributed by atoms with Crippen LogP contribution in [0.4, 0.5) is 4.79 Å². The first-order chi connectivity index (χ1) is 9.83. The van der Waals surface area contributed by atoms with Crippen molar-refractivity contribution < 1.29 is 14.3 Å². The molecular formula is C16H15NO3. The van der Waals surface area contributed by atoms with E-state index in [2.05, 4.69) is 0 Å². The molecule has 1 aliphatic heterocycles. The molecular weight excluding hydrogens is 254 g/mol. The second kappa shape index (κ2) is 5.65. The first-order valence-corrected chi connectivity index (χ1v) is 6.55. The summed E-state index contributed by atoms with van der Waals surface area (Å²) in [6.07, 6.45) is -0.350. The summed E-state index contributed by atoms with van der Waals surface area (Å²) in [6.45, 7) is 1.49. The van der Waals surface area contributed by atoms with Crippen molar-refractivity contribution in [1.82, 2.24) is 4.90 Å². The quantitative estimate of drug-likeness (QED) is 0.798. The molecule has 0 aromatic heterocycles. The Morgan fingerprint density at radius 1 is 1.05 bits per heavy atom. The van der Waals surface area contributed by atoms with Crippen LogP contribution < -0.4 is 9.47 Å². The molecule has 3 rings (SSSR count). The molecule has 0 spiro atoms. The Morgan fingerprint density at radius 2 is 1.80 bits per heavy atom. The van der Waals surface area contributed by atoms with Crippen LogP contribution in [0.3, 0.4) is 0 Å². The van der Waals surface area contributed by atoms with Gasteiger partial charge in [0.15, 0.2) is 0 Å². The van der Waals surface area contributed by atoms with E-state index < -0.39 is 0 Å². The van der Waals surface area contributed by atoms with Crippen molar-refractivity contribution in [2.75, 3.05) is 13.2 Å². The lowest BCUT2D eigenvalue weighted by molar-refractivity contribution is 0.144. The molecule has 4 heteroatoms. The van der Waals surface area contributed by atoms with Crippen LogP contribution in [0.25, 0.3) is 0 Å². The van der Waals surface area contributed by atoms with Gasteiger partial charge in [0.2, 0.25) is 0 Å². The van der Waals surface area contributed by atoms with Crippen LogP contribution >= 0.6 is 0 Å². The number of para-hydroxylation sites is 2. The molecule has 2 aromatic carbocycles. The highest BCUT2D eigenvalue weighted by Crippen LogP contribution is 2.23. The summed E-state index contributed by atoms with van der Waals surface area (Å²) in [4.78, 5) is 13.8. The monoisotopic (exact) mass is 269 g/mol. The van der Waals surface area contributed by atoms with Crippen LogP contribution in [-0.2, 0) is 6.54 Å². The van der Waals surface area contributed by atoms with Crippen molar-refractivity contribution in [3.63, 3.8) is 0 Å². The number of rotatable bonds is 1. The summed E-state index contributed by atoms with van der Waals surface area (Å²) in [5.74, 6) is 1.39. The van der Waals surface area contributed by atoms with Gasteiger partial charge in [0.25, 0.3) is 0 Å². The Hall–Kier alpha value is -2.49. The molecule has 0 N–H and O–H groups in total. The predicted molar refractivity (Wildman–Crippen MR) is 74.8 cm³/mol. The summed E-state index contributed by atoms with van der Waals surface area (Å²) >= 11 is 0. The molecule has 0 atom stereocenters. The van der Waals surface area contributed by atoms with Gasteiger partial charge in [0, 0.05) is 5.56 Å². The third-order valence-electron chi connectivity index (χ3n) is 3.16. The number of carbonyl (C=O) groups is 1. The highest BCUT2D eigenvalue weighted by atomic mass is 16.6. The number of hydrogen-bond acceptors (Lipinski definition) is 3. The van der Waals surface area contributed by atoms with E-state index in [1.165, 1.54) is 0 Å². The zero-order valence-electron chi connectivity index (χ0n) is 11.0. The molecule has 1 amide bonds. The minimum absolute atomic E-state index is 0.350. The number of benzene rings is 2. The molecule has 0 saturated heterocycles. The van der Waals surface area contributed by atoms with Gasteiger partial charge in [-0.15, -0.1) is 0 Å². The predicted octanol–water partition coefficient (Wildman–Crippen LogP) is 3.08. The average molecular weight is 269 g/mol. The van der Waals surface area contributed by atoms with Gasteiger partial charge in [0.1, 0.15) is 18.1 Å². The van der Waals surface area contributed by atoms with Crippen LogP contribution in [0.5, 0.6) is 11.5 Å². The van der Waals surface area contributed by atoms with Crippen LogP contribution in [0.1, 0.15) is 5.56 Å². The van der Waals surface area contributed by atoms with Gasteiger partial charge < -0.3 is 9.47 Å². The lowest BCUT2D eigenvalue weighted by Crippen LogP contribution is -2.34. The fourth-order valence-corrected chi connectivity index (χ4v) is 2.14. The van der Waals surface area contributed by atoms with Crippen molar-refractivity contribution in [3.05, 3.63) is 60.2 Å². The summed E-state index contributed by atoms with van der Waals surface area (Å²) < 4.78 is 11.0. The molecule has 4 nitrogen and oxygen atoms in total. The second-order valence-corrected chi connectivity index (χ2v) is 4.56. The Balaban J connectivity index is 1.73. The van der Waals surface area contributed by atoms with Crippen molar-refractivity contribution in [2.45, 2.75) is 6.54 Å². The van der Waals surface area contributed by atoms with Gasteiger partial charge in [0.05, 0.1) is 13.1 Å². The minimum Gasteiger partial charge on any atom is -0.491 e. The summed E-state index contributed by atoms with van der Waals surface area (Å²) in [7, 11) is 0. The zero-order valence-corrected chi connectivity index (χ0v) is 11.0. The Bertz CT molecular complexity index is 598. The van der Waals surface area contributed by atoms with Gasteiger partial charge >= 0.3 is 6.09 Å². The van der Waals surface area contributed by atoms with E-state index in [1.54, 1.807) is 17.0 Å². The molecule has 1 aliphatic rings. The largest absolute Gasteiger partial charge is 0.491 e. The average Bonchev–Trinajstić information content (AvgIpc) is 2.70. The summed E-state index contributed by atoms with van der Waals surface area (Å²) in [5.41, 5.74) is 0.995. The number of carbonyl (C=O) groups excluding carboxylic acids is 1. The smallest absolute Gasteiger partial charge is 0.415 e. The van der Waals surface area contributed by atoms with Gasteiger partial charge in [-0.3, -0.25) is 4.90 Å². The van der Waals surface area contributed by atoms with E-state index in [0.717, 1.165) is 11.3 Å². The van der Waals surface area contributed by atoms with E-state index in [9.17, 15) is 4.79 Å². The van der Waals surface area contributed by atoms with Crippen molar-refractivity contribution in [1.29, 1.82) is 0 Å². The van der Waals surface area contributed by atoms with Crippen molar-refractivity contribution >= 4 is 6.09 Å². The van der Waals surface area contributed by atoms with E-state index in [-0.39, 0.29) is 6.09 Å². The number of hydrogen-bond donors (Lipinski definition) is 0. The molecule has 0 bridgehead atoms. The minimum atomic E-state index is -0.350. The number of nitrogens with zero attached hydrogens (tertiary/aromatic N) is 1. The maximum Gasteiger partial charge on any atom is 0.415 e. The van der Waals surface area contributed by atoms with Gasteiger partial charge in [-0.1, -0.05) is 36.4 Å². The number of fused-ring (bicyclic) bond motifs is 1. The Kier molecular flexibility index (Phi) is 3.54. The highest BCUT2D eigenvalue weighted by Gasteiger charge is 2.21.